The van der Waals surface area contributed by atoms with Crippen molar-refractivity contribution in [2.24, 2.45) is 5.73 Å². The van der Waals surface area contributed by atoms with Crippen LogP contribution in [-0.4, -0.2) is 30.5 Å². The molecule has 0 bridgehead atoms. The van der Waals surface area contributed by atoms with Crippen LogP contribution in [0.5, 0.6) is 0 Å². The zero-order chi connectivity index (χ0) is 12.1. The van der Waals surface area contributed by atoms with Gasteiger partial charge >= 0.3 is 0 Å². The Labute approximate surface area is 94.8 Å². The fourth-order valence-corrected chi connectivity index (χ4v) is 1.35. The summed E-state index contributed by atoms with van der Waals surface area (Å²) >= 11 is 0. The van der Waals surface area contributed by atoms with Crippen LogP contribution in [0.15, 0.2) is 12.3 Å². The summed E-state index contributed by atoms with van der Waals surface area (Å²) < 4.78 is 4.87. The maximum Gasteiger partial charge on any atom is 0.183 e. The average molecular weight is 223 g/mol. The van der Waals surface area contributed by atoms with Gasteiger partial charge in [0.1, 0.15) is 5.82 Å². The molecule has 1 rings (SSSR count). The second kappa shape index (κ2) is 5.58. The summed E-state index contributed by atoms with van der Waals surface area (Å²) in [5.74, 6) is 0.0363. The van der Waals surface area contributed by atoms with Gasteiger partial charge in [-0.1, -0.05) is 0 Å². The molecule has 1 heterocycles. The first kappa shape index (κ1) is 12.6. The Balaban J connectivity index is 2.83. The molecule has 0 aliphatic carbocycles. The minimum Gasteiger partial charge on any atom is -0.385 e. The first-order chi connectivity index (χ1) is 7.56. The van der Waals surface area contributed by atoms with Crippen LogP contribution in [0.3, 0.4) is 0 Å². The van der Waals surface area contributed by atoms with Gasteiger partial charge in [-0.3, -0.25) is 4.79 Å². The van der Waals surface area contributed by atoms with Crippen molar-refractivity contribution in [2.45, 2.75) is 19.4 Å². The molecule has 0 fully saturated rings. The highest BCUT2D eigenvalue weighted by atomic mass is 16.5. The van der Waals surface area contributed by atoms with Gasteiger partial charge in [-0.05, 0) is 25.0 Å². The Hall–Kier alpha value is -1.46. The zero-order valence-corrected chi connectivity index (χ0v) is 9.56. The van der Waals surface area contributed by atoms with E-state index in [4.69, 9.17) is 16.2 Å². The molecule has 0 aromatic carbocycles. The standard InChI is InChI=1S/C11H17N3O2/c1-7-5-8(11(13)14-6-7)10(15)9(12)3-4-16-2/h5-6,9H,3-4,12H2,1-2H3,(H2,13,14). The molecule has 0 spiro atoms. The number of carbonyl (C=O) groups is 1. The van der Waals surface area contributed by atoms with E-state index in [-0.39, 0.29) is 11.6 Å². The van der Waals surface area contributed by atoms with Crippen molar-refractivity contribution >= 4 is 11.6 Å². The number of ether oxygens (including phenoxy) is 1. The molecule has 5 heteroatoms. The molecule has 1 aromatic heterocycles. The summed E-state index contributed by atoms with van der Waals surface area (Å²) in [6.45, 7) is 2.30. The molecule has 0 amide bonds. The monoisotopic (exact) mass is 223 g/mol. The number of nitrogen functional groups attached to an aromatic ring is 1. The van der Waals surface area contributed by atoms with Crippen LogP contribution in [-0.2, 0) is 4.74 Å². The van der Waals surface area contributed by atoms with E-state index in [1.807, 2.05) is 6.92 Å². The van der Waals surface area contributed by atoms with Crippen molar-refractivity contribution in [1.29, 1.82) is 0 Å². The molecular weight excluding hydrogens is 206 g/mol. The molecular formula is C11H17N3O2. The van der Waals surface area contributed by atoms with E-state index < -0.39 is 6.04 Å². The number of methoxy groups -OCH3 is 1. The predicted molar refractivity (Wildman–Crippen MR) is 62.2 cm³/mol. The Morgan fingerprint density at radius 3 is 2.94 bits per heavy atom. The predicted octanol–water partition coefficient (Wildman–Crippen LogP) is 0.519. The number of ketones is 1. The number of hydrogen-bond acceptors (Lipinski definition) is 5. The van der Waals surface area contributed by atoms with E-state index >= 15 is 0 Å². The minimum absolute atomic E-state index is 0.189. The fourth-order valence-electron chi connectivity index (χ4n) is 1.35. The summed E-state index contributed by atoms with van der Waals surface area (Å²) in [6, 6.07) is 1.11. The summed E-state index contributed by atoms with van der Waals surface area (Å²) in [6.07, 6.45) is 2.09. The molecule has 16 heavy (non-hydrogen) atoms. The molecule has 0 saturated heterocycles. The highest BCUT2D eigenvalue weighted by molar-refractivity contribution is 6.03. The van der Waals surface area contributed by atoms with Gasteiger partial charge < -0.3 is 16.2 Å². The van der Waals surface area contributed by atoms with Crippen LogP contribution in [0.4, 0.5) is 5.82 Å². The molecule has 1 atom stereocenters. The maximum absolute atomic E-state index is 11.9. The smallest absolute Gasteiger partial charge is 0.183 e. The number of Topliss-reactive ketones (excluding diaryl/α,β-unsaturated/α-hetero) is 1. The summed E-state index contributed by atoms with van der Waals surface area (Å²) in [4.78, 5) is 15.9. The minimum atomic E-state index is -0.592. The van der Waals surface area contributed by atoms with Gasteiger partial charge in [0.2, 0.25) is 0 Å². The molecule has 88 valence electrons. The lowest BCUT2D eigenvalue weighted by Gasteiger charge is -2.11. The quantitative estimate of drug-likeness (QED) is 0.710. The van der Waals surface area contributed by atoms with Crippen LogP contribution in [0.2, 0.25) is 0 Å². The second-order valence-corrected chi connectivity index (χ2v) is 3.70. The zero-order valence-electron chi connectivity index (χ0n) is 9.56. The molecule has 4 N–H and O–H groups in total. The normalized spacial score (nSPS) is 12.4. The molecule has 0 aliphatic heterocycles. The third-order valence-electron chi connectivity index (χ3n) is 2.29. The first-order valence-electron chi connectivity index (χ1n) is 5.07. The van der Waals surface area contributed by atoms with E-state index in [2.05, 4.69) is 4.98 Å². The number of hydrogen-bond donors (Lipinski definition) is 2. The second-order valence-electron chi connectivity index (χ2n) is 3.70. The summed E-state index contributed by atoms with van der Waals surface area (Å²) in [5.41, 5.74) is 12.7. The van der Waals surface area contributed by atoms with Crippen LogP contribution in [0.25, 0.3) is 0 Å². The number of aromatic nitrogens is 1. The third kappa shape index (κ3) is 3.01. The van der Waals surface area contributed by atoms with Crippen LogP contribution in [0, 0.1) is 6.92 Å². The van der Waals surface area contributed by atoms with Crippen molar-refractivity contribution in [3.63, 3.8) is 0 Å². The van der Waals surface area contributed by atoms with E-state index in [0.717, 1.165) is 5.56 Å². The van der Waals surface area contributed by atoms with Crippen molar-refractivity contribution < 1.29 is 9.53 Å². The van der Waals surface area contributed by atoms with Gasteiger partial charge in [-0.15, -0.1) is 0 Å². The maximum atomic E-state index is 11.9. The Kier molecular flexibility index (Phi) is 4.39. The summed E-state index contributed by atoms with van der Waals surface area (Å²) in [5, 5.41) is 0. The van der Waals surface area contributed by atoms with Gasteiger partial charge in [0.15, 0.2) is 5.78 Å². The van der Waals surface area contributed by atoms with Crippen LogP contribution < -0.4 is 11.5 Å². The molecule has 0 aliphatic rings. The Morgan fingerprint density at radius 1 is 1.62 bits per heavy atom. The lowest BCUT2D eigenvalue weighted by Crippen LogP contribution is -2.32. The third-order valence-corrected chi connectivity index (χ3v) is 2.29. The van der Waals surface area contributed by atoms with Gasteiger partial charge in [0.25, 0.3) is 0 Å². The Morgan fingerprint density at radius 2 is 2.31 bits per heavy atom. The fraction of sp³-hybridized carbons (Fsp3) is 0.455. The van der Waals surface area contributed by atoms with Gasteiger partial charge in [0.05, 0.1) is 11.6 Å². The molecule has 1 unspecified atom stereocenters. The number of nitrogens with zero attached hydrogens (tertiary/aromatic N) is 1. The largest absolute Gasteiger partial charge is 0.385 e. The summed E-state index contributed by atoms with van der Waals surface area (Å²) in [7, 11) is 1.57. The lowest BCUT2D eigenvalue weighted by atomic mass is 10.0. The van der Waals surface area contributed by atoms with Gasteiger partial charge in [-0.2, -0.15) is 0 Å². The van der Waals surface area contributed by atoms with Crippen molar-refractivity contribution in [2.75, 3.05) is 19.5 Å². The van der Waals surface area contributed by atoms with Crippen molar-refractivity contribution in [3.05, 3.63) is 23.4 Å². The number of nitrogens with two attached hydrogens (primary N) is 2. The van der Waals surface area contributed by atoms with Gasteiger partial charge in [-0.25, -0.2) is 4.98 Å². The van der Waals surface area contributed by atoms with E-state index in [0.29, 0.717) is 18.6 Å². The number of pyridine rings is 1. The van der Waals surface area contributed by atoms with Crippen molar-refractivity contribution in [1.82, 2.24) is 4.98 Å². The topological polar surface area (TPSA) is 91.2 Å². The van der Waals surface area contributed by atoms with Crippen LogP contribution >= 0.6 is 0 Å². The molecule has 1 aromatic rings. The number of carbonyl (C=O) groups excluding carboxylic acids is 1. The van der Waals surface area contributed by atoms with Crippen LogP contribution in [0.1, 0.15) is 22.3 Å². The average Bonchev–Trinajstić information content (AvgIpc) is 2.28. The van der Waals surface area contributed by atoms with E-state index in [1.165, 1.54) is 0 Å². The highest BCUT2D eigenvalue weighted by Crippen LogP contribution is 2.13. The number of aryl methyl sites for hydroxylation is 1. The first-order valence-corrected chi connectivity index (χ1v) is 5.07. The SMILES string of the molecule is COCCC(N)C(=O)c1cc(C)cnc1N. The molecule has 5 nitrogen and oxygen atoms in total. The van der Waals surface area contributed by atoms with E-state index in [9.17, 15) is 4.79 Å². The molecule has 0 radical (unpaired) electrons. The van der Waals surface area contributed by atoms with E-state index in [1.54, 1.807) is 19.4 Å². The lowest BCUT2D eigenvalue weighted by molar-refractivity contribution is 0.0936. The van der Waals surface area contributed by atoms with Crippen molar-refractivity contribution in [3.8, 4) is 0 Å². The highest BCUT2D eigenvalue weighted by Gasteiger charge is 2.18. The molecule has 0 saturated carbocycles. The number of rotatable bonds is 5. The van der Waals surface area contributed by atoms with Gasteiger partial charge in [0, 0.05) is 19.9 Å². The Bertz CT molecular complexity index is 379. The number of anilines is 1.